The zero-order chi connectivity index (χ0) is 20.9. The fourth-order valence-electron chi connectivity index (χ4n) is 5.56. The number of nitrogens with zero attached hydrogens (tertiary/aromatic N) is 1. The molecule has 3 N–H and O–H groups in total. The molecule has 6 rings (SSSR count). The van der Waals surface area contributed by atoms with Gasteiger partial charge in [0.2, 0.25) is 0 Å². The van der Waals surface area contributed by atoms with Gasteiger partial charge in [0.25, 0.3) is 0 Å². The molecule has 0 saturated carbocycles. The zero-order valence-electron chi connectivity index (χ0n) is 17.0. The van der Waals surface area contributed by atoms with Crippen LogP contribution in [0, 0.1) is 11.7 Å². The lowest BCUT2D eigenvalue weighted by atomic mass is 9.69. The van der Waals surface area contributed by atoms with Gasteiger partial charge in [0.15, 0.2) is 5.78 Å². The number of benzene rings is 2. The van der Waals surface area contributed by atoms with E-state index < -0.39 is 0 Å². The number of carbonyl (C=O) groups excluding carboxylic acids is 1. The molecule has 31 heavy (non-hydrogen) atoms. The van der Waals surface area contributed by atoms with Gasteiger partial charge in [-0.1, -0.05) is 18.2 Å². The third-order valence-corrected chi connectivity index (χ3v) is 6.85. The van der Waals surface area contributed by atoms with Gasteiger partial charge >= 0.3 is 0 Å². The van der Waals surface area contributed by atoms with Crippen LogP contribution < -0.4 is 16.2 Å². The van der Waals surface area contributed by atoms with Crippen LogP contribution in [0.2, 0.25) is 0 Å². The van der Waals surface area contributed by atoms with E-state index in [0.29, 0.717) is 13.0 Å². The van der Waals surface area contributed by atoms with Crippen LogP contribution in [-0.4, -0.2) is 17.3 Å². The molecule has 3 atom stereocenters. The summed E-state index contributed by atoms with van der Waals surface area (Å²) in [5.41, 5.74) is 12.5. The maximum Gasteiger partial charge on any atom is 0.161 e. The Hall–Kier alpha value is -3.09. The first kappa shape index (κ1) is 18.7. The van der Waals surface area contributed by atoms with Crippen molar-refractivity contribution in [3.05, 3.63) is 82.9 Å². The molecule has 2 aliphatic heterocycles. The molecule has 3 unspecified atom stereocenters. The number of allylic oxidation sites excluding steroid dienone is 2. The molecule has 1 aromatic heterocycles. The Balaban J connectivity index is 1.57. The van der Waals surface area contributed by atoms with E-state index in [2.05, 4.69) is 33.3 Å². The summed E-state index contributed by atoms with van der Waals surface area (Å²) in [5.74, 6) is -0.0719. The molecule has 2 aromatic carbocycles. The number of Topliss-reactive ketones (excluding diaryl/α,β-unsaturated/α-hetero) is 1. The molecule has 1 saturated heterocycles. The molecular weight excluding hydrogens is 391 g/mol. The van der Waals surface area contributed by atoms with Crippen molar-refractivity contribution in [2.75, 3.05) is 11.9 Å². The molecule has 6 heteroatoms. The van der Waals surface area contributed by atoms with E-state index in [1.54, 1.807) is 18.3 Å². The van der Waals surface area contributed by atoms with Crippen LogP contribution in [-0.2, 0) is 4.79 Å². The van der Waals surface area contributed by atoms with E-state index in [-0.39, 0.29) is 29.5 Å². The maximum absolute atomic E-state index is 14.0. The summed E-state index contributed by atoms with van der Waals surface area (Å²) >= 11 is 0. The first-order valence-electron chi connectivity index (χ1n) is 10.9. The molecule has 1 aliphatic carbocycles. The number of rotatable bonds is 2. The van der Waals surface area contributed by atoms with Crippen molar-refractivity contribution in [2.45, 2.75) is 31.2 Å². The first-order valence-corrected chi connectivity index (χ1v) is 10.9. The summed E-state index contributed by atoms with van der Waals surface area (Å²) in [6.45, 7) is 0.687. The van der Waals surface area contributed by atoms with Crippen molar-refractivity contribution in [3.63, 3.8) is 0 Å². The highest BCUT2D eigenvalue weighted by Gasteiger charge is 2.44. The van der Waals surface area contributed by atoms with Crippen molar-refractivity contribution < 1.29 is 9.18 Å². The predicted octanol–water partition coefficient (Wildman–Crippen LogP) is 4.36. The van der Waals surface area contributed by atoms with Crippen LogP contribution in [0.3, 0.4) is 0 Å². The van der Waals surface area contributed by atoms with Crippen molar-refractivity contribution in [3.8, 4) is 0 Å². The minimum absolute atomic E-state index is 0.0560. The summed E-state index contributed by atoms with van der Waals surface area (Å²) in [4.78, 5) is 17.8. The van der Waals surface area contributed by atoms with Gasteiger partial charge in [0.05, 0.1) is 11.6 Å². The van der Waals surface area contributed by atoms with E-state index in [4.69, 9.17) is 0 Å². The third kappa shape index (κ3) is 2.98. The van der Waals surface area contributed by atoms with E-state index in [9.17, 15) is 9.18 Å². The fraction of sp³-hybridized carbons (Fsp3) is 0.280. The Morgan fingerprint density at radius 3 is 2.90 bits per heavy atom. The number of ketones is 1. The maximum atomic E-state index is 14.0. The fourth-order valence-corrected chi connectivity index (χ4v) is 5.56. The first-order chi connectivity index (χ1) is 15.2. The molecule has 156 valence electrons. The SMILES string of the molecule is O=C1CCCC2=C1C(C1CNNC1c1cccc(F)c1)c1c(ccc3ncccc13)N2. The lowest BCUT2D eigenvalue weighted by Gasteiger charge is -2.38. The standard InChI is InChI=1S/C25H23FN4O/c26-15-5-1-4-14(12-15)25-17(13-28-30-25)23-22-16-6-3-11-27-18(16)9-10-20(22)29-19-7-2-8-21(31)24(19)23/h1,3-6,9-12,17,23,25,28-30H,2,7-8,13H2. The Labute approximate surface area is 179 Å². The van der Waals surface area contributed by atoms with E-state index >= 15 is 0 Å². The molecule has 0 amide bonds. The molecular formula is C25H23FN4O. The van der Waals surface area contributed by atoms with Gasteiger partial charge < -0.3 is 5.32 Å². The molecule has 3 heterocycles. The van der Waals surface area contributed by atoms with Crippen LogP contribution in [0.1, 0.15) is 42.3 Å². The molecule has 1 fully saturated rings. The minimum Gasteiger partial charge on any atom is -0.358 e. The number of hydrogen-bond donors (Lipinski definition) is 3. The van der Waals surface area contributed by atoms with Gasteiger partial charge in [-0.05, 0) is 54.3 Å². The minimum atomic E-state index is -0.251. The van der Waals surface area contributed by atoms with Crippen molar-refractivity contribution in [2.24, 2.45) is 5.92 Å². The van der Waals surface area contributed by atoms with Crippen molar-refractivity contribution in [1.29, 1.82) is 0 Å². The average Bonchev–Trinajstić information content (AvgIpc) is 3.27. The molecule has 5 nitrogen and oxygen atoms in total. The number of hydrogen-bond acceptors (Lipinski definition) is 5. The number of fused-ring (bicyclic) bond motifs is 3. The molecule has 0 spiro atoms. The number of hydrazine groups is 1. The van der Waals surface area contributed by atoms with E-state index in [0.717, 1.165) is 51.8 Å². The Bertz CT molecular complexity index is 1240. The van der Waals surface area contributed by atoms with Gasteiger partial charge in [-0.3, -0.25) is 15.2 Å². The lowest BCUT2D eigenvalue weighted by Crippen LogP contribution is -2.33. The topological polar surface area (TPSA) is 66.0 Å². The second-order valence-electron chi connectivity index (χ2n) is 8.59. The molecule has 0 radical (unpaired) electrons. The van der Waals surface area contributed by atoms with Gasteiger partial charge in [0.1, 0.15) is 5.82 Å². The molecule has 0 bridgehead atoms. The Morgan fingerprint density at radius 2 is 2.00 bits per heavy atom. The second kappa shape index (κ2) is 7.25. The highest BCUT2D eigenvalue weighted by Crippen LogP contribution is 2.51. The smallest absolute Gasteiger partial charge is 0.161 e. The zero-order valence-corrected chi connectivity index (χ0v) is 17.0. The number of anilines is 1. The normalized spacial score (nSPS) is 25.3. The van der Waals surface area contributed by atoms with Gasteiger partial charge in [-0.2, -0.15) is 0 Å². The number of pyridine rings is 1. The average molecular weight is 414 g/mol. The number of carbonyl (C=O) groups is 1. The van der Waals surface area contributed by atoms with E-state index in [1.807, 2.05) is 18.2 Å². The van der Waals surface area contributed by atoms with Gasteiger partial charge in [-0.15, -0.1) is 0 Å². The van der Waals surface area contributed by atoms with Crippen LogP contribution in [0.5, 0.6) is 0 Å². The summed E-state index contributed by atoms with van der Waals surface area (Å²) in [6, 6.07) is 14.8. The summed E-state index contributed by atoms with van der Waals surface area (Å²) < 4.78 is 14.0. The number of aromatic nitrogens is 1. The Morgan fingerprint density at radius 1 is 1.06 bits per heavy atom. The van der Waals surface area contributed by atoms with Gasteiger partial charge in [0, 0.05) is 53.3 Å². The van der Waals surface area contributed by atoms with Crippen LogP contribution in [0.4, 0.5) is 10.1 Å². The van der Waals surface area contributed by atoms with Crippen LogP contribution in [0.25, 0.3) is 10.9 Å². The monoisotopic (exact) mass is 414 g/mol. The largest absolute Gasteiger partial charge is 0.358 e. The van der Waals surface area contributed by atoms with Crippen LogP contribution >= 0.6 is 0 Å². The van der Waals surface area contributed by atoms with Gasteiger partial charge in [-0.25, -0.2) is 9.82 Å². The number of halogens is 1. The summed E-state index contributed by atoms with van der Waals surface area (Å²) in [6.07, 6.45) is 4.12. The third-order valence-electron chi connectivity index (χ3n) is 6.85. The molecule has 3 aliphatic rings. The highest BCUT2D eigenvalue weighted by molar-refractivity contribution is 6.02. The second-order valence-corrected chi connectivity index (χ2v) is 8.59. The van der Waals surface area contributed by atoms with Crippen LogP contribution in [0.15, 0.2) is 66.0 Å². The van der Waals surface area contributed by atoms with Crippen molar-refractivity contribution in [1.82, 2.24) is 15.8 Å². The Kier molecular flexibility index (Phi) is 4.37. The number of nitrogens with one attached hydrogen (secondary N) is 3. The molecule has 3 aromatic rings. The summed E-state index contributed by atoms with van der Waals surface area (Å²) in [7, 11) is 0. The van der Waals surface area contributed by atoms with Crippen molar-refractivity contribution >= 4 is 22.4 Å². The quantitative estimate of drug-likeness (QED) is 0.582. The predicted molar refractivity (Wildman–Crippen MR) is 118 cm³/mol. The lowest BCUT2D eigenvalue weighted by molar-refractivity contribution is -0.116. The summed E-state index contributed by atoms with van der Waals surface area (Å²) in [5, 5.41) is 4.63. The highest BCUT2D eigenvalue weighted by atomic mass is 19.1. The van der Waals surface area contributed by atoms with E-state index in [1.165, 1.54) is 6.07 Å².